The molecule has 4 rings (SSSR count). The molecule has 7 heteroatoms. The van der Waals surface area contributed by atoms with Gasteiger partial charge >= 0.3 is 0 Å². The summed E-state index contributed by atoms with van der Waals surface area (Å²) in [7, 11) is 0. The number of pyridine rings is 1. The lowest BCUT2D eigenvalue weighted by atomic mass is 10.1. The second kappa shape index (κ2) is 7.75. The van der Waals surface area contributed by atoms with Crippen molar-refractivity contribution in [2.75, 3.05) is 13.2 Å². The number of hydrogen-bond donors (Lipinski definition) is 0. The SMILES string of the molecule is Cc1cccc(COCC2CN(C(=O)Cc3ccco3)Cc3cncn32)n1. The second-order valence-corrected chi connectivity index (χ2v) is 6.76. The molecule has 1 atom stereocenters. The summed E-state index contributed by atoms with van der Waals surface area (Å²) in [6, 6.07) is 9.54. The van der Waals surface area contributed by atoms with Crippen LogP contribution in [0, 0.1) is 6.92 Å². The minimum atomic E-state index is 0.0293. The Labute approximate surface area is 157 Å². The third-order valence-electron chi connectivity index (χ3n) is 4.69. The summed E-state index contributed by atoms with van der Waals surface area (Å²) in [5, 5.41) is 0. The van der Waals surface area contributed by atoms with E-state index in [2.05, 4.69) is 14.5 Å². The molecule has 0 N–H and O–H groups in total. The number of nitrogens with zero attached hydrogens (tertiary/aromatic N) is 4. The number of amides is 1. The maximum atomic E-state index is 12.7. The summed E-state index contributed by atoms with van der Waals surface area (Å²) in [6.45, 7) is 4.04. The fraction of sp³-hybridized carbons (Fsp3) is 0.350. The third-order valence-corrected chi connectivity index (χ3v) is 4.69. The van der Waals surface area contributed by atoms with Gasteiger partial charge in [0.15, 0.2) is 0 Å². The number of furan rings is 1. The zero-order valence-electron chi connectivity index (χ0n) is 15.2. The van der Waals surface area contributed by atoms with Crippen molar-refractivity contribution in [3.63, 3.8) is 0 Å². The van der Waals surface area contributed by atoms with Gasteiger partial charge in [0.05, 0.1) is 56.2 Å². The van der Waals surface area contributed by atoms with E-state index in [0.29, 0.717) is 32.1 Å². The summed E-state index contributed by atoms with van der Waals surface area (Å²) in [5.41, 5.74) is 2.89. The lowest BCUT2D eigenvalue weighted by molar-refractivity contribution is -0.133. The number of aryl methyl sites for hydroxylation is 1. The number of rotatable bonds is 6. The predicted molar refractivity (Wildman–Crippen MR) is 97.7 cm³/mol. The first-order chi connectivity index (χ1) is 13.2. The molecule has 1 aliphatic rings. The van der Waals surface area contributed by atoms with Crippen LogP contribution in [0.5, 0.6) is 0 Å². The first-order valence-electron chi connectivity index (χ1n) is 9.00. The minimum absolute atomic E-state index is 0.0293. The van der Waals surface area contributed by atoms with Crippen molar-refractivity contribution in [1.29, 1.82) is 0 Å². The second-order valence-electron chi connectivity index (χ2n) is 6.76. The van der Waals surface area contributed by atoms with Crippen LogP contribution in [-0.2, 0) is 29.1 Å². The smallest absolute Gasteiger partial charge is 0.230 e. The van der Waals surface area contributed by atoms with Crippen molar-refractivity contribution < 1.29 is 13.9 Å². The number of aromatic nitrogens is 3. The number of carbonyl (C=O) groups is 1. The molecule has 0 aromatic carbocycles. The number of hydrogen-bond acceptors (Lipinski definition) is 5. The summed E-state index contributed by atoms with van der Waals surface area (Å²) in [6.07, 6.45) is 5.47. The fourth-order valence-corrected chi connectivity index (χ4v) is 3.36. The Morgan fingerprint density at radius 3 is 3.07 bits per heavy atom. The number of ether oxygens (including phenoxy) is 1. The zero-order valence-corrected chi connectivity index (χ0v) is 15.2. The van der Waals surface area contributed by atoms with Crippen molar-refractivity contribution in [2.45, 2.75) is 32.5 Å². The Morgan fingerprint density at radius 2 is 2.26 bits per heavy atom. The van der Waals surface area contributed by atoms with E-state index in [4.69, 9.17) is 9.15 Å². The van der Waals surface area contributed by atoms with Gasteiger partial charge in [-0.15, -0.1) is 0 Å². The number of carbonyl (C=O) groups excluding carboxylic acids is 1. The Morgan fingerprint density at radius 1 is 1.33 bits per heavy atom. The summed E-state index contributed by atoms with van der Waals surface area (Å²) in [4.78, 5) is 23.2. The van der Waals surface area contributed by atoms with Gasteiger partial charge in [0.1, 0.15) is 5.76 Å². The summed E-state index contributed by atoms with van der Waals surface area (Å²) < 4.78 is 13.3. The zero-order chi connectivity index (χ0) is 18.6. The van der Waals surface area contributed by atoms with Crippen LogP contribution in [0.3, 0.4) is 0 Å². The summed E-state index contributed by atoms with van der Waals surface area (Å²) in [5.74, 6) is 0.722. The molecule has 4 heterocycles. The van der Waals surface area contributed by atoms with E-state index in [0.717, 1.165) is 17.1 Å². The van der Waals surface area contributed by atoms with Crippen LogP contribution in [0.2, 0.25) is 0 Å². The third kappa shape index (κ3) is 4.09. The Hall–Kier alpha value is -2.93. The van der Waals surface area contributed by atoms with Crippen LogP contribution in [0.25, 0.3) is 0 Å². The van der Waals surface area contributed by atoms with Crippen molar-refractivity contribution in [1.82, 2.24) is 19.4 Å². The molecule has 1 unspecified atom stereocenters. The molecule has 0 saturated heterocycles. The topological polar surface area (TPSA) is 73.4 Å². The average molecular weight is 366 g/mol. The van der Waals surface area contributed by atoms with Crippen LogP contribution < -0.4 is 0 Å². The molecule has 0 spiro atoms. The van der Waals surface area contributed by atoms with Crippen molar-refractivity contribution >= 4 is 5.91 Å². The maximum Gasteiger partial charge on any atom is 0.230 e. The molecule has 7 nitrogen and oxygen atoms in total. The molecule has 27 heavy (non-hydrogen) atoms. The van der Waals surface area contributed by atoms with Gasteiger partial charge in [-0.05, 0) is 31.2 Å². The van der Waals surface area contributed by atoms with Crippen LogP contribution in [0.4, 0.5) is 0 Å². The molecular weight excluding hydrogens is 344 g/mol. The van der Waals surface area contributed by atoms with Crippen LogP contribution >= 0.6 is 0 Å². The monoisotopic (exact) mass is 366 g/mol. The maximum absolute atomic E-state index is 12.7. The Kier molecular flexibility index (Phi) is 5.02. The average Bonchev–Trinajstić information content (AvgIpc) is 3.33. The van der Waals surface area contributed by atoms with Gasteiger partial charge in [-0.1, -0.05) is 6.07 Å². The molecule has 1 amide bonds. The van der Waals surface area contributed by atoms with E-state index in [-0.39, 0.29) is 18.4 Å². The van der Waals surface area contributed by atoms with Gasteiger partial charge in [-0.3, -0.25) is 9.78 Å². The molecular formula is C20H22N4O3. The minimum Gasteiger partial charge on any atom is -0.469 e. The lowest BCUT2D eigenvalue weighted by Crippen LogP contribution is -2.42. The highest BCUT2D eigenvalue weighted by molar-refractivity contribution is 5.78. The molecule has 0 saturated carbocycles. The lowest BCUT2D eigenvalue weighted by Gasteiger charge is -2.34. The largest absolute Gasteiger partial charge is 0.469 e. The van der Waals surface area contributed by atoms with E-state index in [1.54, 1.807) is 18.5 Å². The van der Waals surface area contributed by atoms with Gasteiger partial charge in [-0.2, -0.15) is 0 Å². The molecule has 3 aromatic heterocycles. The van der Waals surface area contributed by atoms with E-state index >= 15 is 0 Å². The highest BCUT2D eigenvalue weighted by atomic mass is 16.5. The normalized spacial score (nSPS) is 16.3. The molecule has 0 fully saturated rings. The molecule has 1 aliphatic heterocycles. The highest BCUT2D eigenvalue weighted by Gasteiger charge is 2.28. The standard InChI is InChI=1S/C20H22N4O3/c1-15-4-2-5-16(22-15)12-26-13-18-11-23(10-17-9-21-14-24(17)18)20(25)8-19-6-3-7-27-19/h2-7,9,14,18H,8,10-13H2,1H3. The van der Waals surface area contributed by atoms with Gasteiger partial charge in [0, 0.05) is 18.4 Å². The quantitative estimate of drug-likeness (QED) is 0.670. The molecule has 140 valence electrons. The van der Waals surface area contributed by atoms with E-state index in [1.165, 1.54) is 0 Å². The van der Waals surface area contributed by atoms with Crippen molar-refractivity contribution in [3.8, 4) is 0 Å². The highest BCUT2D eigenvalue weighted by Crippen LogP contribution is 2.22. The first kappa shape index (κ1) is 17.5. The van der Waals surface area contributed by atoms with Crippen LogP contribution in [0.15, 0.2) is 53.5 Å². The predicted octanol–water partition coefficient (Wildman–Crippen LogP) is 2.52. The van der Waals surface area contributed by atoms with Gasteiger partial charge in [0.2, 0.25) is 5.91 Å². The summed E-state index contributed by atoms with van der Waals surface area (Å²) >= 11 is 0. The molecule has 3 aromatic rings. The van der Waals surface area contributed by atoms with Crippen LogP contribution in [-0.4, -0.2) is 38.5 Å². The number of fused-ring (bicyclic) bond motifs is 1. The van der Waals surface area contributed by atoms with Gasteiger partial charge < -0.3 is 18.6 Å². The first-order valence-corrected chi connectivity index (χ1v) is 9.00. The molecule has 0 radical (unpaired) electrons. The molecule has 0 aliphatic carbocycles. The van der Waals surface area contributed by atoms with E-state index in [1.807, 2.05) is 42.4 Å². The van der Waals surface area contributed by atoms with Gasteiger partial charge in [-0.25, -0.2) is 4.98 Å². The van der Waals surface area contributed by atoms with Gasteiger partial charge in [0.25, 0.3) is 0 Å². The van der Waals surface area contributed by atoms with E-state index < -0.39 is 0 Å². The molecule has 0 bridgehead atoms. The fourth-order valence-electron chi connectivity index (χ4n) is 3.36. The Balaban J connectivity index is 1.40. The van der Waals surface area contributed by atoms with Crippen molar-refractivity contribution in [3.05, 3.63) is 72.0 Å². The van der Waals surface area contributed by atoms with E-state index in [9.17, 15) is 4.79 Å². The Bertz CT molecular complexity index is 904. The number of imidazole rings is 1. The van der Waals surface area contributed by atoms with Crippen LogP contribution in [0.1, 0.15) is 28.9 Å². The van der Waals surface area contributed by atoms with Crippen molar-refractivity contribution in [2.24, 2.45) is 0 Å².